The highest BCUT2D eigenvalue weighted by Gasteiger charge is 2.18. The molecule has 3 heterocycles. The Morgan fingerprint density at radius 3 is 3.24 bits per heavy atom. The fourth-order valence-corrected chi connectivity index (χ4v) is 1.73. The van der Waals surface area contributed by atoms with Crippen molar-refractivity contribution in [1.82, 2.24) is 15.0 Å². The Hall–Kier alpha value is -1.95. The monoisotopic (exact) mass is 233 g/mol. The Morgan fingerprint density at radius 2 is 2.41 bits per heavy atom. The first-order valence-corrected chi connectivity index (χ1v) is 5.42. The Bertz CT molecular complexity index is 590. The van der Waals surface area contributed by atoms with E-state index in [-0.39, 0.29) is 17.7 Å². The molecule has 0 radical (unpaired) electrons. The highest BCUT2D eigenvalue weighted by molar-refractivity contribution is 5.73. The van der Waals surface area contributed by atoms with E-state index in [1.54, 1.807) is 12.3 Å². The first kappa shape index (κ1) is 10.2. The molecule has 0 amide bonds. The molecule has 88 valence electrons. The van der Waals surface area contributed by atoms with Crippen molar-refractivity contribution in [2.75, 3.05) is 13.2 Å². The number of nitrogens with one attached hydrogen (secondary N) is 1. The zero-order valence-corrected chi connectivity index (χ0v) is 9.05. The highest BCUT2D eigenvalue weighted by atomic mass is 16.6. The maximum atomic E-state index is 11.2. The summed E-state index contributed by atoms with van der Waals surface area (Å²) in [4.78, 5) is 22.0. The van der Waals surface area contributed by atoms with Gasteiger partial charge in [-0.3, -0.25) is 4.79 Å². The van der Waals surface area contributed by atoms with Crippen molar-refractivity contribution in [3.05, 3.63) is 28.7 Å². The van der Waals surface area contributed by atoms with E-state index in [9.17, 15) is 4.79 Å². The van der Waals surface area contributed by atoms with Crippen molar-refractivity contribution in [3.63, 3.8) is 0 Å². The molecular formula is C11H11N3O3. The minimum absolute atomic E-state index is 0.00267. The summed E-state index contributed by atoms with van der Waals surface area (Å²) in [5.41, 5.74) is 0.299. The summed E-state index contributed by atoms with van der Waals surface area (Å²) in [5.74, 6) is 0. The van der Waals surface area contributed by atoms with Gasteiger partial charge in [0.1, 0.15) is 11.8 Å². The van der Waals surface area contributed by atoms with Crippen LogP contribution in [0.3, 0.4) is 0 Å². The van der Waals surface area contributed by atoms with E-state index in [1.165, 1.54) is 6.07 Å². The molecule has 2 aromatic rings. The summed E-state index contributed by atoms with van der Waals surface area (Å²) >= 11 is 0. The zero-order chi connectivity index (χ0) is 11.7. The molecule has 1 unspecified atom stereocenters. The van der Waals surface area contributed by atoms with Crippen LogP contribution in [0.15, 0.2) is 23.1 Å². The third-order valence-electron chi connectivity index (χ3n) is 2.61. The summed E-state index contributed by atoms with van der Waals surface area (Å²) in [6.07, 6.45) is 2.47. The van der Waals surface area contributed by atoms with Crippen LogP contribution in [0, 0.1) is 0 Å². The normalized spacial score (nSPS) is 19.6. The molecule has 0 bridgehead atoms. The minimum Gasteiger partial charge on any atom is -0.458 e. The predicted molar refractivity (Wildman–Crippen MR) is 60.0 cm³/mol. The van der Waals surface area contributed by atoms with Gasteiger partial charge in [-0.05, 0) is 6.07 Å². The summed E-state index contributed by atoms with van der Waals surface area (Å²) in [7, 11) is 0. The van der Waals surface area contributed by atoms with Gasteiger partial charge >= 0.3 is 6.01 Å². The van der Waals surface area contributed by atoms with Gasteiger partial charge in [0.15, 0.2) is 0 Å². The summed E-state index contributed by atoms with van der Waals surface area (Å²) in [6, 6.07) is 3.39. The molecule has 1 fully saturated rings. The second kappa shape index (κ2) is 4.14. The average molecular weight is 233 g/mol. The van der Waals surface area contributed by atoms with Gasteiger partial charge in [0.25, 0.3) is 0 Å². The summed E-state index contributed by atoms with van der Waals surface area (Å²) < 4.78 is 10.8. The lowest BCUT2D eigenvalue weighted by Gasteiger charge is -2.09. The quantitative estimate of drug-likeness (QED) is 0.816. The topological polar surface area (TPSA) is 77.1 Å². The maximum Gasteiger partial charge on any atom is 0.318 e. The lowest BCUT2D eigenvalue weighted by Crippen LogP contribution is -2.17. The average Bonchev–Trinajstić information content (AvgIpc) is 2.81. The van der Waals surface area contributed by atoms with Crippen LogP contribution in [0.4, 0.5) is 0 Å². The molecule has 0 spiro atoms. The minimum atomic E-state index is -0.189. The van der Waals surface area contributed by atoms with Gasteiger partial charge in [-0.15, -0.1) is 0 Å². The predicted octanol–water partition coefficient (Wildman–Crippen LogP) is 0.486. The van der Waals surface area contributed by atoms with E-state index in [4.69, 9.17) is 9.47 Å². The van der Waals surface area contributed by atoms with Gasteiger partial charge in [-0.25, -0.2) is 4.98 Å². The number of aromatic amines is 1. The second-order valence-electron chi connectivity index (χ2n) is 3.88. The molecule has 6 nitrogen and oxygen atoms in total. The van der Waals surface area contributed by atoms with Crippen molar-refractivity contribution in [1.29, 1.82) is 0 Å². The van der Waals surface area contributed by atoms with Gasteiger partial charge in [0.05, 0.1) is 13.2 Å². The molecule has 1 N–H and O–H groups in total. The van der Waals surface area contributed by atoms with Crippen LogP contribution in [-0.2, 0) is 4.74 Å². The Kier molecular flexibility index (Phi) is 2.49. The number of rotatable bonds is 2. The van der Waals surface area contributed by atoms with Crippen LogP contribution in [0.2, 0.25) is 0 Å². The van der Waals surface area contributed by atoms with Crippen LogP contribution in [0.5, 0.6) is 6.01 Å². The highest BCUT2D eigenvalue weighted by Crippen LogP contribution is 2.14. The lowest BCUT2D eigenvalue weighted by molar-refractivity contribution is 0.134. The van der Waals surface area contributed by atoms with Gasteiger partial charge < -0.3 is 14.5 Å². The Balaban J connectivity index is 1.92. The van der Waals surface area contributed by atoms with Gasteiger partial charge in [0, 0.05) is 24.1 Å². The van der Waals surface area contributed by atoms with Crippen molar-refractivity contribution in [2.24, 2.45) is 0 Å². The molecule has 1 aliphatic rings. The fourth-order valence-electron chi connectivity index (χ4n) is 1.73. The number of hydrogen-bond donors (Lipinski definition) is 1. The molecule has 2 aromatic heterocycles. The van der Waals surface area contributed by atoms with Crippen molar-refractivity contribution >= 4 is 11.0 Å². The maximum absolute atomic E-state index is 11.2. The number of nitrogens with zero attached hydrogens (tertiary/aromatic N) is 2. The smallest absolute Gasteiger partial charge is 0.318 e. The third kappa shape index (κ3) is 2.12. The molecule has 6 heteroatoms. The Morgan fingerprint density at radius 1 is 1.47 bits per heavy atom. The Labute approximate surface area is 96.6 Å². The molecule has 0 aliphatic carbocycles. The van der Waals surface area contributed by atoms with E-state index >= 15 is 0 Å². The second-order valence-corrected chi connectivity index (χ2v) is 3.88. The molecular weight excluding hydrogens is 222 g/mol. The van der Waals surface area contributed by atoms with Crippen molar-refractivity contribution < 1.29 is 9.47 Å². The standard InChI is InChI=1S/C11H11N3O3/c15-9-2-1-7-5-12-11(14-10(7)13-9)17-8-3-4-16-6-8/h1-2,5,8H,3-4,6H2,(H,12,13,14,15). The molecule has 3 rings (SSSR count). The van der Waals surface area contributed by atoms with E-state index < -0.39 is 0 Å². The van der Waals surface area contributed by atoms with E-state index in [0.29, 0.717) is 18.9 Å². The van der Waals surface area contributed by atoms with Crippen molar-refractivity contribution in [2.45, 2.75) is 12.5 Å². The summed E-state index contributed by atoms with van der Waals surface area (Å²) in [5, 5.41) is 0.777. The van der Waals surface area contributed by atoms with Crippen LogP contribution >= 0.6 is 0 Å². The van der Waals surface area contributed by atoms with Gasteiger partial charge in [-0.2, -0.15) is 4.98 Å². The van der Waals surface area contributed by atoms with Crippen molar-refractivity contribution in [3.8, 4) is 6.01 Å². The SMILES string of the molecule is O=c1ccc2cnc(OC3CCOC3)nc2[nH]1. The number of fused-ring (bicyclic) bond motifs is 1. The molecule has 0 saturated carbocycles. The number of pyridine rings is 1. The van der Waals surface area contributed by atoms with E-state index in [2.05, 4.69) is 15.0 Å². The first-order chi connectivity index (χ1) is 8.31. The number of aromatic nitrogens is 3. The van der Waals surface area contributed by atoms with Crippen LogP contribution in [-0.4, -0.2) is 34.3 Å². The number of ether oxygens (including phenoxy) is 2. The molecule has 0 aromatic carbocycles. The van der Waals surface area contributed by atoms with Gasteiger partial charge in [-0.1, -0.05) is 0 Å². The van der Waals surface area contributed by atoms with Crippen LogP contribution in [0.1, 0.15) is 6.42 Å². The first-order valence-electron chi connectivity index (χ1n) is 5.42. The summed E-state index contributed by atoms with van der Waals surface area (Å²) in [6.45, 7) is 1.27. The lowest BCUT2D eigenvalue weighted by atomic mass is 10.3. The molecule has 17 heavy (non-hydrogen) atoms. The van der Waals surface area contributed by atoms with Crippen LogP contribution < -0.4 is 10.3 Å². The zero-order valence-electron chi connectivity index (χ0n) is 9.05. The fraction of sp³-hybridized carbons (Fsp3) is 0.364. The van der Waals surface area contributed by atoms with Gasteiger partial charge in [0.2, 0.25) is 5.56 Å². The largest absolute Gasteiger partial charge is 0.458 e. The third-order valence-corrected chi connectivity index (χ3v) is 2.61. The van der Waals surface area contributed by atoms with E-state index in [0.717, 1.165) is 11.8 Å². The molecule has 1 saturated heterocycles. The van der Waals surface area contributed by atoms with Crippen LogP contribution in [0.25, 0.3) is 11.0 Å². The molecule has 1 atom stereocenters. The number of hydrogen-bond acceptors (Lipinski definition) is 5. The number of H-pyrrole nitrogens is 1. The van der Waals surface area contributed by atoms with E-state index in [1.807, 2.05) is 0 Å². The molecule has 1 aliphatic heterocycles.